The van der Waals surface area contributed by atoms with E-state index in [9.17, 15) is 4.79 Å². The lowest BCUT2D eigenvalue weighted by Crippen LogP contribution is -2.45. The molecule has 0 aliphatic carbocycles. The maximum Gasteiger partial charge on any atom is 0.176 e. The van der Waals surface area contributed by atoms with Gasteiger partial charge in [0.25, 0.3) is 0 Å². The summed E-state index contributed by atoms with van der Waals surface area (Å²) in [5, 5.41) is 4.03. The molecule has 1 fully saturated rings. The van der Waals surface area contributed by atoms with Crippen LogP contribution in [0.15, 0.2) is 24.3 Å². The first-order valence-corrected chi connectivity index (χ1v) is 7.32. The molecular weight excluding hydrogens is 260 g/mol. The van der Waals surface area contributed by atoms with Crippen molar-refractivity contribution in [1.82, 2.24) is 10.2 Å². The molecule has 0 aromatic heterocycles. The fourth-order valence-corrected chi connectivity index (χ4v) is 2.71. The van der Waals surface area contributed by atoms with E-state index in [4.69, 9.17) is 11.6 Å². The first kappa shape index (κ1) is 14.5. The van der Waals surface area contributed by atoms with Gasteiger partial charge in [-0.25, -0.2) is 0 Å². The van der Waals surface area contributed by atoms with Crippen molar-refractivity contribution in [2.75, 3.05) is 26.2 Å². The number of hydrogen-bond donors (Lipinski definition) is 1. The number of carbonyl (C=O) groups excluding carboxylic acids is 1. The van der Waals surface area contributed by atoms with Gasteiger partial charge in [0.15, 0.2) is 5.78 Å². The lowest BCUT2D eigenvalue weighted by Gasteiger charge is -2.33. The summed E-state index contributed by atoms with van der Waals surface area (Å²) in [6, 6.07) is 7.69. The average molecular weight is 281 g/mol. The molecule has 1 heterocycles. The van der Waals surface area contributed by atoms with Gasteiger partial charge in [0.2, 0.25) is 0 Å². The van der Waals surface area contributed by atoms with Gasteiger partial charge in [0.05, 0.1) is 6.54 Å². The third-order valence-electron chi connectivity index (χ3n) is 3.74. The molecule has 0 saturated carbocycles. The number of Topliss-reactive ketones (excluding diaryl/α,β-unsaturated/α-hetero) is 1. The van der Waals surface area contributed by atoms with E-state index in [0.29, 0.717) is 17.6 Å². The summed E-state index contributed by atoms with van der Waals surface area (Å²) in [6.07, 6.45) is 2.25. The molecular formula is C15H21ClN2O. The van der Waals surface area contributed by atoms with E-state index in [1.165, 1.54) is 0 Å². The zero-order chi connectivity index (χ0) is 13.7. The van der Waals surface area contributed by atoms with Gasteiger partial charge >= 0.3 is 0 Å². The molecule has 1 N–H and O–H groups in total. The normalized spacial score (nSPS) is 16.8. The highest BCUT2D eigenvalue weighted by atomic mass is 35.5. The predicted molar refractivity (Wildman–Crippen MR) is 78.9 cm³/mol. The molecule has 0 atom stereocenters. The Labute approximate surface area is 119 Å². The molecule has 1 aliphatic heterocycles. The van der Waals surface area contributed by atoms with Crippen LogP contribution >= 0.6 is 11.6 Å². The van der Waals surface area contributed by atoms with Crippen LogP contribution in [-0.4, -0.2) is 42.9 Å². The summed E-state index contributed by atoms with van der Waals surface area (Å²) in [5.41, 5.74) is 0.747. The van der Waals surface area contributed by atoms with Crippen molar-refractivity contribution in [3.8, 4) is 0 Å². The Hall–Kier alpha value is -0.900. The smallest absolute Gasteiger partial charge is 0.176 e. The summed E-state index contributed by atoms with van der Waals surface area (Å²) in [5.74, 6) is 0.178. The van der Waals surface area contributed by atoms with Gasteiger partial charge in [0, 0.05) is 16.6 Å². The van der Waals surface area contributed by atoms with Crippen molar-refractivity contribution < 1.29 is 4.79 Å². The van der Waals surface area contributed by atoms with Crippen LogP contribution < -0.4 is 5.32 Å². The Morgan fingerprint density at radius 3 is 2.53 bits per heavy atom. The summed E-state index contributed by atoms with van der Waals surface area (Å²) in [4.78, 5) is 14.6. The second-order valence-corrected chi connectivity index (χ2v) is 5.41. The van der Waals surface area contributed by atoms with Gasteiger partial charge in [-0.2, -0.15) is 0 Å². The van der Waals surface area contributed by atoms with Crippen LogP contribution in [0.25, 0.3) is 0 Å². The largest absolute Gasteiger partial charge is 0.317 e. The van der Waals surface area contributed by atoms with Crippen molar-refractivity contribution in [3.05, 3.63) is 34.9 Å². The topological polar surface area (TPSA) is 32.3 Å². The zero-order valence-corrected chi connectivity index (χ0v) is 12.1. The third-order valence-corrected chi connectivity index (χ3v) is 4.00. The first-order chi connectivity index (χ1) is 9.20. The standard InChI is InChI=1S/C15H21ClN2O/c1-2-18(14-7-9-17-10-8-14)11-15(19)12-3-5-13(16)6-4-12/h3-6,14,17H,2,7-11H2,1H3. The van der Waals surface area contributed by atoms with Crippen LogP contribution in [-0.2, 0) is 0 Å². The number of piperidine rings is 1. The number of likely N-dealkylation sites (N-methyl/N-ethyl adjacent to an activating group) is 1. The maximum absolute atomic E-state index is 12.3. The quantitative estimate of drug-likeness (QED) is 0.842. The Morgan fingerprint density at radius 2 is 1.95 bits per heavy atom. The van der Waals surface area contributed by atoms with E-state index in [0.717, 1.165) is 38.0 Å². The van der Waals surface area contributed by atoms with E-state index in [1.807, 2.05) is 0 Å². The van der Waals surface area contributed by atoms with E-state index < -0.39 is 0 Å². The number of benzene rings is 1. The number of halogens is 1. The molecule has 0 bridgehead atoms. The van der Waals surface area contributed by atoms with Crippen molar-refractivity contribution >= 4 is 17.4 Å². The van der Waals surface area contributed by atoms with Gasteiger partial charge < -0.3 is 5.32 Å². The van der Waals surface area contributed by atoms with Crippen LogP contribution in [0, 0.1) is 0 Å². The van der Waals surface area contributed by atoms with E-state index in [2.05, 4.69) is 17.1 Å². The molecule has 0 unspecified atom stereocenters. The van der Waals surface area contributed by atoms with E-state index >= 15 is 0 Å². The molecule has 0 spiro atoms. The van der Waals surface area contributed by atoms with Crippen LogP contribution in [0.5, 0.6) is 0 Å². The number of ketones is 1. The fourth-order valence-electron chi connectivity index (χ4n) is 2.58. The first-order valence-electron chi connectivity index (χ1n) is 6.94. The van der Waals surface area contributed by atoms with Crippen molar-refractivity contribution in [2.24, 2.45) is 0 Å². The molecule has 1 aliphatic rings. The highest BCUT2D eigenvalue weighted by Crippen LogP contribution is 2.14. The van der Waals surface area contributed by atoms with Crippen LogP contribution in [0.2, 0.25) is 5.02 Å². The number of nitrogens with zero attached hydrogens (tertiary/aromatic N) is 1. The Morgan fingerprint density at radius 1 is 1.32 bits per heavy atom. The van der Waals surface area contributed by atoms with Crippen LogP contribution in [0.1, 0.15) is 30.1 Å². The Kier molecular flexibility index (Phi) is 5.37. The van der Waals surface area contributed by atoms with Gasteiger partial charge in [-0.3, -0.25) is 9.69 Å². The Bertz CT molecular complexity index is 413. The zero-order valence-electron chi connectivity index (χ0n) is 11.4. The molecule has 1 aromatic carbocycles. The molecule has 1 aromatic rings. The molecule has 0 radical (unpaired) electrons. The summed E-state index contributed by atoms with van der Waals surface area (Å²) < 4.78 is 0. The average Bonchev–Trinajstić information content (AvgIpc) is 2.46. The van der Waals surface area contributed by atoms with Gasteiger partial charge in [-0.05, 0) is 56.7 Å². The van der Waals surface area contributed by atoms with Gasteiger partial charge in [-0.15, -0.1) is 0 Å². The minimum atomic E-state index is 0.178. The highest BCUT2D eigenvalue weighted by molar-refractivity contribution is 6.30. The predicted octanol–water partition coefficient (Wildman–Crippen LogP) is 2.60. The number of nitrogens with one attached hydrogen (secondary N) is 1. The fraction of sp³-hybridized carbons (Fsp3) is 0.533. The lowest BCUT2D eigenvalue weighted by molar-refractivity contribution is 0.0874. The van der Waals surface area contributed by atoms with Crippen molar-refractivity contribution in [2.45, 2.75) is 25.8 Å². The lowest BCUT2D eigenvalue weighted by atomic mass is 10.0. The molecule has 19 heavy (non-hydrogen) atoms. The number of hydrogen-bond acceptors (Lipinski definition) is 3. The summed E-state index contributed by atoms with van der Waals surface area (Å²) >= 11 is 5.84. The molecule has 1 saturated heterocycles. The van der Waals surface area contributed by atoms with Crippen LogP contribution in [0.3, 0.4) is 0 Å². The maximum atomic E-state index is 12.3. The molecule has 2 rings (SSSR count). The molecule has 3 nitrogen and oxygen atoms in total. The minimum absolute atomic E-state index is 0.178. The van der Waals surface area contributed by atoms with Crippen molar-refractivity contribution in [1.29, 1.82) is 0 Å². The number of rotatable bonds is 5. The minimum Gasteiger partial charge on any atom is -0.317 e. The summed E-state index contributed by atoms with van der Waals surface area (Å²) in [7, 11) is 0. The molecule has 104 valence electrons. The Balaban J connectivity index is 1.97. The van der Waals surface area contributed by atoms with Crippen LogP contribution in [0.4, 0.5) is 0 Å². The third kappa shape index (κ3) is 4.03. The molecule has 0 amide bonds. The highest BCUT2D eigenvalue weighted by Gasteiger charge is 2.21. The monoisotopic (exact) mass is 280 g/mol. The second-order valence-electron chi connectivity index (χ2n) is 4.97. The van der Waals surface area contributed by atoms with Gasteiger partial charge in [0.1, 0.15) is 0 Å². The van der Waals surface area contributed by atoms with Gasteiger partial charge in [-0.1, -0.05) is 18.5 Å². The SMILES string of the molecule is CCN(CC(=O)c1ccc(Cl)cc1)C1CCNCC1. The van der Waals surface area contributed by atoms with E-state index in [-0.39, 0.29) is 5.78 Å². The second kappa shape index (κ2) is 7.04. The summed E-state index contributed by atoms with van der Waals surface area (Å²) in [6.45, 7) is 5.65. The van der Waals surface area contributed by atoms with Crippen molar-refractivity contribution in [3.63, 3.8) is 0 Å². The number of carbonyl (C=O) groups is 1. The molecule has 4 heteroatoms. The van der Waals surface area contributed by atoms with E-state index in [1.54, 1.807) is 24.3 Å².